The predicted octanol–water partition coefficient (Wildman–Crippen LogP) is 3.26. The number of hydrogen-bond donors (Lipinski definition) is 1. The Kier molecular flexibility index (Phi) is 6.52. The van der Waals surface area contributed by atoms with E-state index in [1.807, 2.05) is 0 Å². The van der Waals surface area contributed by atoms with Crippen LogP contribution in [0.3, 0.4) is 0 Å². The lowest BCUT2D eigenvalue weighted by atomic mass is 10.1. The van der Waals surface area contributed by atoms with Gasteiger partial charge in [0, 0.05) is 15.1 Å². The molecule has 0 bridgehead atoms. The number of carbonyl (C=O) groups is 3. The van der Waals surface area contributed by atoms with Crippen LogP contribution in [0.4, 0.5) is 0 Å². The van der Waals surface area contributed by atoms with Gasteiger partial charge in [-0.25, -0.2) is 0 Å². The number of Topliss-reactive ketones (excluding diaryl/α,β-unsaturated/α-hetero) is 1. The molecule has 0 unspecified atom stereocenters. The molecule has 0 aliphatic carbocycles. The lowest BCUT2D eigenvalue weighted by molar-refractivity contribution is -0.141. The second-order valence-corrected chi connectivity index (χ2v) is 6.04. The summed E-state index contributed by atoms with van der Waals surface area (Å²) in [6, 6.07) is 13.1. The first kappa shape index (κ1) is 18.2. The van der Waals surface area contributed by atoms with Crippen LogP contribution in [-0.2, 0) is 9.53 Å². The standard InChI is InChI=1S/C17H13BrClNO4/c18-14-4-2-1-3-13(14)17(23)20-9-16(22)24-10-15(21)11-5-7-12(19)8-6-11/h1-8H,9-10H2,(H,20,23). The van der Waals surface area contributed by atoms with E-state index in [-0.39, 0.29) is 12.3 Å². The fraction of sp³-hybridized carbons (Fsp3) is 0.118. The van der Waals surface area contributed by atoms with Gasteiger partial charge in [0.1, 0.15) is 6.54 Å². The van der Waals surface area contributed by atoms with E-state index >= 15 is 0 Å². The van der Waals surface area contributed by atoms with Gasteiger partial charge in [0.15, 0.2) is 12.4 Å². The van der Waals surface area contributed by atoms with Crippen LogP contribution in [0.1, 0.15) is 20.7 Å². The van der Waals surface area contributed by atoms with E-state index in [2.05, 4.69) is 21.2 Å². The first-order valence-corrected chi connectivity index (χ1v) is 8.11. The molecule has 0 saturated heterocycles. The average molecular weight is 411 g/mol. The normalized spacial score (nSPS) is 10.1. The van der Waals surface area contributed by atoms with Crippen molar-refractivity contribution in [2.24, 2.45) is 0 Å². The van der Waals surface area contributed by atoms with Crippen LogP contribution >= 0.6 is 27.5 Å². The van der Waals surface area contributed by atoms with Gasteiger partial charge in [0.05, 0.1) is 5.56 Å². The Morgan fingerprint density at radius 2 is 1.71 bits per heavy atom. The van der Waals surface area contributed by atoms with E-state index < -0.39 is 18.5 Å². The molecule has 0 aromatic heterocycles. The number of ketones is 1. The molecule has 0 aliphatic heterocycles. The van der Waals surface area contributed by atoms with Crippen molar-refractivity contribution in [3.05, 3.63) is 69.2 Å². The molecule has 1 N–H and O–H groups in total. The fourth-order valence-corrected chi connectivity index (χ4v) is 2.40. The summed E-state index contributed by atoms with van der Waals surface area (Å²) in [5.74, 6) is -1.46. The highest BCUT2D eigenvalue weighted by Crippen LogP contribution is 2.15. The highest BCUT2D eigenvalue weighted by Gasteiger charge is 2.13. The zero-order valence-electron chi connectivity index (χ0n) is 12.4. The summed E-state index contributed by atoms with van der Waals surface area (Å²) in [5, 5.41) is 2.95. The van der Waals surface area contributed by atoms with Crippen molar-refractivity contribution in [2.45, 2.75) is 0 Å². The summed E-state index contributed by atoms with van der Waals surface area (Å²) in [4.78, 5) is 35.4. The number of ether oxygens (including phenoxy) is 1. The molecule has 24 heavy (non-hydrogen) atoms. The van der Waals surface area contributed by atoms with Crippen molar-refractivity contribution >= 4 is 45.2 Å². The number of nitrogens with one attached hydrogen (secondary N) is 1. The summed E-state index contributed by atoms with van der Waals surface area (Å²) in [7, 11) is 0. The van der Waals surface area contributed by atoms with Crippen molar-refractivity contribution < 1.29 is 19.1 Å². The number of benzene rings is 2. The first-order valence-electron chi connectivity index (χ1n) is 6.94. The molecular weight excluding hydrogens is 398 g/mol. The van der Waals surface area contributed by atoms with Gasteiger partial charge in [0.25, 0.3) is 5.91 Å². The summed E-state index contributed by atoms with van der Waals surface area (Å²) in [6.45, 7) is -0.723. The zero-order chi connectivity index (χ0) is 17.5. The topological polar surface area (TPSA) is 72.5 Å². The van der Waals surface area contributed by atoms with Gasteiger partial charge in [-0.2, -0.15) is 0 Å². The molecule has 2 aromatic carbocycles. The van der Waals surface area contributed by atoms with Crippen LogP contribution in [0.2, 0.25) is 5.02 Å². The molecule has 0 aliphatic rings. The van der Waals surface area contributed by atoms with Crippen LogP contribution in [0.5, 0.6) is 0 Å². The fourth-order valence-electron chi connectivity index (χ4n) is 1.81. The lowest BCUT2D eigenvalue weighted by Crippen LogP contribution is -2.31. The quantitative estimate of drug-likeness (QED) is 0.586. The smallest absolute Gasteiger partial charge is 0.325 e. The van der Waals surface area contributed by atoms with E-state index in [4.69, 9.17) is 16.3 Å². The monoisotopic (exact) mass is 409 g/mol. The molecule has 0 atom stereocenters. The van der Waals surface area contributed by atoms with Crippen molar-refractivity contribution in [1.82, 2.24) is 5.32 Å². The Morgan fingerprint density at radius 1 is 1.04 bits per heavy atom. The van der Waals surface area contributed by atoms with E-state index in [1.54, 1.807) is 48.5 Å². The van der Waals surface area contributed by atoms with Gasteiger partial charge in [-0.1, -0.05) is 23.7 Å². The SMILES string of the molecule is O=C(CNC(=O)c1ccccc1Br)OCC(=O)c1ccc(Cl)cc1. The first-order chi connectivity index (χ1) is 11.5. The van der Waals surface area contributed by atoms with Crippen LogP contribution in [-0.4, -0.2) is 30.8 Å². The third-order valence-corrected chi connectivity index (χ3v) is 3.99. The molecule has 0 fully saturated rings. The third kappa shape index (κ3) is 5.18. The van der Waals surface area contributed by atoms with E-state index in [1.165, 1.54) is 0 Å². The maximum absolute atomic E-state index is 11.9. The number of esters is 1. The van der Waals surface area contributed by atoms with Crippen LogP contribution in [0, 0.1) is 0 Å². The summed E-state index contributed by atoms with van der Waals surface area (Å²) < 4.78 is 5.48. The molecule has 124 valence electrons. The van der Waals surface area contributed by atoms with Gasteiger partial charge >= 0.3 is 5.97 Å². The Bertz CT molecular complexity index is 761. The molecule has 2 aromatic rings. The molecule has 0 heterocycles. The molecular formula is C17H13BrClNO4. The second kappa shape index (κ2) is 8.61. The third-order valence-electron chi connectivity index (χ3n) is 3.04. The Balaban J connectivity index is 1.79. The number of hydrogen-bond acceptors (Lipinski definition) is 4. The second-order valence-electron chi connectivity index (χ2n) is 4.75. The molecule has 0 radical (unpaired) electrons. The Morgan fingerprint density at radius 3 is 2.38 bits per heavy atom. The zero-order valence-corrected chi connectivity index (χ0v) is 14.8. The summed E-state index contributed by atoms with van der Waals surface area (Å²) in [6.07, 6.45) is 0. The Labute approximate surface area is 152 Å². The van der Waals surface area contributed by atoms with Crippen molar-refractivity contribution in [3.63, 3.8) is 0 Å². The molecule has 1 amide bonds. The minimum absolute atomic E-state index is 0.325. The van der Waals surface area contributed by atoms with Crippen LogP contribution < -0.4 is 5.32 Å². The van der Waals surface area contributed by atoms with Crippen molar-refractivity contribution in [1.29, 1.82) is 0 Å². The van der Waals surface area contributed by atoms with Crippen molar-refractivity contribution in [2.75, 3.05) is 13.2 Å². The number of amides is 1. The minimum atomic E-state index is -0.697. The number of halogens is 2. The number of carbonyl (C=O) groups excluding carboxylic acids is 3. The van der Waals surface area contributed by atoms with Gasteiger partial charge in [0.2, 0.25) is 0 Å². The maximum Gasteiger partial charge on any atom is 0.325 e. The van der Waals surface area contributed by atoms with Crippen LogP contribution in [0.25, 0.3) is 0 Å². The van der Waals surface area contributed by atoms with Gasteiger partial charge in [-0.3, -0.25) is 14.4 Å². The summed E-state index contributed by atoms with van der Waals surface area (Å²) in [5.41, 5.74) is 0.798. The maximum atomic E-state index is 11.9. The molecule has 7 heteroatoms. The summed E-state index contributed by atoms with van der Waals surface area (Å²) >= 11 is 8.99. The highest BCUT2D eigenvalue weighted by atomic mass is 79.9. The predicted molar refractivity (Wildman–Crippen MR) is 93.2 cm³/mol. The molecule has 0 saturated carbocycles. The largest absolute Gasteiger partial charge is 0.456 e. The van der Waals surface area contributed by atoms with Crippen LogP contribution in [0.15, 0.2) is 53.0 Å². The van der Waals surface area contributed by atoms with Crippen molar-refractivity contribution in [3.8, 4) is 0 Å². The van der Waals surface area contributed by atoms with E-state index in [0.717, 1.165) is 0 Å². The Hall–Kier alpha value is -2.18. The lowest BCUT2D eigenvalue weighted by Gasteiger charge is -2.07. The number of rotatable bonds is 6. The molecule has 2 rings (SSSR count). The van der Waals surface area contributed by atoms with Gasteiger partial charge in [-0.05, 0) is 52.3 Å². The van der Waals surface area contributed by atoms with E-state index in [0.29, 0.717) is 20.6 Å². The van der Waals surface area contributed by atoms with Gasteiger partial charge < -0.3 is 10.1 Å². The molecule has 5 nitrogen and oxygen atoms in total. The highest BCUT2D eigenvalue weighted by molar-refractivity contribution is 9.10. The minimum Gasteiger partial charge on any atom is -0.456 e. The van der Waals surface area contributed by atoms with Gasteiger partial charge in [-0.15, -0.1) is 0 Å². The van der Waals surface area contributed by atoms with E-state index in [9.17, 15) is 14.4 Å². The molecule has 0 spiro atoms. The average Bonchev–Trinajstić information content (AvgIpc) is 2.58.